The molecule has 2 N–H and O–H groups in total. The van der Waals surface area contributed by atoms with Crippen molar-refractivity contribution in [2.75, 3.05) is 45.3 Å². The van der Waals surface area contributed by atoms with Crippen molar-refractivity contribution >= 4 is 23.8 Å². The number of hydrogen-bond donors (Lipinski definition) is 2. The van der Waals surface area contributed by atoms with Crippen LogP contribution >= 0.6 is 0 Å². The van der Waals surface area contributed by atoms with Gasteiger partial charge in [-0.25, -0.2) is 0 Å². The molecule has 0 bridgehead atoms. The van der Waals surface area contributed by atoms with E-state index in [1.807, 2.05) is 35.3 Å². The fourth-order valence-corrected chi connectivity index (χ4v) is 4.89. The van der Waals surface area contributed by atoms with Crippen LogP contribution < -0.4 is 5.32 Å². The van der Waals surface area contributed by atoms with Gasteiger partial charge in [-0.3, -0.25) is 14.6 Å². The van der Waals surface area contributed by atoms with E-state index in [-0.39, 0.29) is 24.2 Å². The predicted molar refractivity (Wildman–Crippen MR) is 134 cm³/mol. The molecule has 35 heavy (non-hydrogen) atoms. The number of ether oxygens (including phenoxy) is 2. The van der Waals surface area contributed by atoms with Crippen LogP contribution in [0.3, 0.4) is 0 Å². The van der Waals surface area contributed by atoms with Crippen molar-refractivity contribution < 1.29 is 24.2 Å². The number of hydrazone groups is 1. The second-order valence-electron chi connectivity index (χ2n) is 9.08. The average Bonchev–Trinajstić information content (AvgIpc) is 2.87. The minimum atomic E-state index is -0.774. The Morgan fingerprint density at radius 1 is 1.20 bits per heavy atom. The smallest absolute Gasteiger partial charge is 0.303 e. The van der Waals surface area contributed by atoms with E-state index >= 15 is 0 Å². The summed E-state index contributed by atoms with van der Waals surface area (Å²) in [6, 6.07) is 13.3. The van der Waals surface area contributed by atoms with Gasteiger partial charge in [0.2, 0.25) is 0 Å². The first-order chi connectivity index (χ1) is 17.0. The van der Waals surface area contributed by atoms with Gasteiger partial charge in [-0.2, -0.15) is 5.10 Å². The van der Waals surface area contributed by atoms with Gasteiger partial charge in [-0.15, -0.1) is 0 Å². The SMILES string of the molecule is COCCC1c2cc(NC(=O)c3ccc(C=NN4CCOCC4)cc3)ccc2CCC1CC(=O)O. The highest BCUT2D eigenvalue weighted by molar-refractivity contribution is 6.04. The predicted octanol–water partition coefficient (Wildman–Crippen LogP) is 3.76. The molecule has 4 rings (SSSR count). The van der Waals surface area contributed by atoms with Crippen molar-refractivity contribution in [2.45, 2.75) is 31.6 Å². The summed E-state index contributed by atoms with van der Waals surface area (Å²) in [5.74, 6) is -0.804. The largest absolute Gasteiger partial charge is 0.481 e. The second kappa shape index (κ2) is 12.0. The van der Waals surface area contributed by atoms with Gasteiger partial charge in [0.1, 0.15) is 0 Å². The topological polar surface area (TPSA) is 100 Å². The molecule has 0 spiro atoms. The summed E-state index contributed by atoms with van der Waals surface area (Å²) < 4.78 is 10.6. The summed E-state index contributed by atoms with van der Waals surface area (Å²) in [5.41, 5.74) is 4.53. The Kier molecular flexibility index (Phi) is 8.50. The number of carbonyl (C=O) groups excluding carboxylic acids is 1. The maximum atomic E-state index is 12.9. The number of hydrogen-bond acceptors (Lipinski definition) is 6. The highest BCUT2D eigenvalue weighted by Crippen LogP contribution is 2.41. The lowest BCUT2D eigenvalue weighted by Gasteiger charge is -2.33. The first-order valence-electron chi connectivity index (χ1n) is 12.1. The van der Waals surface area contributed by atoms with Crippen LogP contribution in [0.2, 0.25) is 0 Å². The Morgan fingerprint density at radius 3 is 2.69 bits per heavy atom. The summed E-state index contributed by atoms with van der Waals surface area (Å²) in [5, 5.41) is 18.8. The summed E-state index contributed by atoms with van der Waals surface area (Å²) in [4.78, 5) is 24.3. The van der Waals surface area contributed by atoms with Gasteiger partial charge in [0, 0.05) is 31.4 Å². The molecule has 1 fully saturated rings. The normalized spacial score (nSPS) is 20.0. The Labute approximate surface area is 205 Å². The lowest BCUT2D eigenvalue weighted by atomic mass is 9.72. The third-order valence-corrected chi connectivity index (χ3v) is 6.76. The Hall–Kier alpha value is -3.23. The van der Waals surface area contributed by atoms with Crippen LogP contribution in [0.5, 0.6) is 0 Å². The Morgan fingerprint density at radius 2 is 1.97 bits per heavy atom. The van der Waals surface area contributed by atoms with E-state index in [0.717, 1.165) is 43.5 Å². The highest BCUT2D eigenvalue weighted by atomic mass is 16.5. The van der Waals surface area contributed by atoms with Crippen molar-refractivity contribution in [3.63, 3.8) is 0 Å². The second-order valence-corrected chi connectivity index (χ2v) is 9.08. The number of carbonyl (C=O) groups is 2. The number of fused-ring (bicyclic) bond motifs is 1. The van der Waals surface area contributed by atoms with Crippen LogP contribution in [0, 0.1) is 5.92 Å². The maximum absolute atomic E-state index is 12.9. The summed E-state index contributed by atoms with van der Waals surface area (Å²) in [7, 11) is 1.66. The minimum Gasteiger partial charge on any atom is -0.481 e. The quantitative estimate of drug-likeness (QED) is 0.531. The van der Waals surface area contributed by atoms with Crippen molar-refractivity contribution in [2.24, 2.45) is 11.0 Å². The lowest BCUT2D eigenvalue weighted by Crippen LogP contribution is -2.32. The molecule has 1 aliphatic carbocycles. The zero-order valence-corrected chi connectivity index (χ0v) is 20.1. The van der Waals surface area contributed by atoms with E-state index in [9.17, 15) is 14.7 Å². The summed E-state index contributed by atoms with van der Waals surface area (Å²) in [6.07, 6.45) is 4.39. The molecule has 8 heteroatoms. The van der Waals surface area contributed by atoms with E-state index in [1.165, 1.54) is 5.56 Å². The van der Waals surface area contributed by atoms with E-state index in [0.29, 0.717) is 31.1 Å². The van der Waals surface area contributed by atoms with Gasteiger partial charge in [0.25, 0.3) is 5.91 Å². The third kappa shape index (κ3) is 6.68. The zero-order chi connectivity index (χ0) is 24.6. The number of carboxylic acid groups (broad SMARTS) is 1. The van der Waals surface area contributed by atoms with E-state index < -0.39 is 5.97 Å². The van der Waals surface area contributed by atoms with Gasteiger partial charge in [0.15, 0.2) is 0 Å². The number of benzene rings is 2. The summed E-state index contributed by atoms with van der Waals surface area (Å²) >= 11 is 0. The van der Waals surface area contributed by atoms with Crippen molar-refractivity contribution in [3.8, 4) is 0 Å². The molecular weight excluding hydrogens is 446 g/mol. The average molecular weight is 480 g/mol. The Bertz CT molecular complexity index is 1050. The van der Waals surface area contributed by atoms with Crippen LogP contribution in [0.1, 0.15) is 52.2 Å². The van der Waals surface area contributed by atoms with Gasteiger partial charge in [-0.1, -0.05) is 18.2 Å². The molecule has 2 aromatic rings. The molecule has 1 aliphatic heterocycles. The molecule has 186 valence electrons. The molecule has 0 radical (unpaired) electrons. The van der Waals surface area contributed by atoms with Gasteiger partial charge in [0.05, 0.1) is 32.5 Å². The minimum absolute atomic E-state index is 0.0628. The number of methoxy groups -OCH3 is 1. The molecule has 2 aromatic carbocycles. The van der Waals surface area contributed by atoms with Crippen molar-refractivity contribution in [1.29, 1.82) is 0 Å². The Balaban J connectivity index is 1.44. The first-order valence-corrected chi connectivity index (χ1v) is 12.1. The molecule has 8 nitrogen and oxygen atoms in total. The van der Waals surface area contributed by atoms with E-state index in [1.54, 1.807) is 25.5 Å². The van der Waals surface area contributed by atoms with Crippen LogP contribution in [0.4, 0.5) is 5.69 Å². The van der Waals surface area contributed by atoms with Crippen molar-refractivity contribution in [3.05, 3.63) is 64.7 Å². The third-order valence-electron chi connectivity index (χ3n) is 6.76. The van der Waals surface area contributed by atoms with Crippen LogP contribution in [-0.4, -0.2) is 68.2 Å². The first kappa shape index (κ1) is 24.9. The van der Waals surface area contributed by atoms with Gasteiger partial charge < -0.3 is 19.9 Å². The fourth-order valence-electron chi connectivity index (χ4n) is 4.89. The number of rotatable bonds is 9. The number of aliphatic carboxylic acids is 1. The van der Waals surface area contributed by atoms with Gasteiger partial charge in [-0.05, 0) is 72.1 Å². The van der Waals surface area contributed by atoms with E-state index in [2.05, 4.69) is 10.4 Å². The summed E-state index contributed by atoms with van der Waals surface area (Å²) in [6.45, 7) is 3.50. The number of aryl methyl sites for hydroxylation is 1. The molecule has 1 amide bonds. The number of amides is 1. The van der Waals surface area contributed by atoms with Crippen LogP contribution in [-0.2, 0) is 20.7 Å². The number of morpholine rings is 1. The number of nitrogens with zero attached hydrogens (tertiary/aromatic N) is 2. The number of nitrogens with one attached hydrogen (secondary N) is 1. The monoisotopic (exact) mass is 479 g/mol. The molecule has 1 heterocycles. The maximum Gasteiger partial charge on any atom is 0.303 e. The molecule has 0 aromatic heterocycles. The standard InChI is InChI=1S/C27H33N3O5/c1-34-13-10-24-22(16-26(31)32)7-6-20-8-9-23(17-25(20)24)29-27(33)21-4-2-19(3-5-21)18-28-30-11-14-35-15-12-30/h2-5,8-9,17-18,22,24H,6-7,10-16H2,1H3,(H,29,33)(H,31,32). The number of anilines is 1. The molecule has 1 saturated heterocycles. The zero-order valence-electron chi connectivity index (χ0n) is 20.1. The van der Waals surface area contributed by atoms with Gasteiger partial charge >= 0.3 is 5.97 Å². The van der Waals surface area contributed by atoms with Crippen LogP contribution in [0.15, 0.2) is 47.6 Å². The molecule has 2 atom stereocenters. The van der Waals surface area contributed by atoms with Crippen LogP contribution in [0.25, 0.3) is 0 Å². The molecule has 2 unspecified atom stereocenters. The van der Waals surface area contributed by atoms with E-state index in [4.69, 9.17) is 9.47 Å². The molecule has 2 aliphatic rings. The fraction of sp³-hybridized carbons (Fsp3) is 0.444. The molecule has 0 saturated carbocycles. The highest BCUT2D eigenvalue weighted by Gasteiger charge is 2.31. The molecular formula is C27H33N3O5. The lowest BCUT2D eigenvalue weighted by molar-refractivity contribution is -0.138. The van der Waals surface area contributed by atoms with Crippen molar-refractivity contribution in [1.82, 2.24) is 5.01 Å². The number of carboxylic acids is 1.